The third-order valence-corrected chi connectivity index (χ3v) is 3.86. The number of phenols is 1. The lowest BCUT2D eigenvalue weighted by molar-refractivity contribution is -0.116. The first-order valence-electron chi connectivity index (χ1n) is 8.38. The van der Waals surface area contributed by atoms with Gasteiger partial charge in [0.2, 0.25) is 5.91 Å². The predicted octanol–water partition coefficient (Wildman–Crippen LogP) is 3.31. The van der Waals surface area contributed by atoms with Crippen molar-refractivity contribution in [1.29, 1.82) is 0 Å². The summed E-state index contributed by atoms with van der Waals surface area (Å²) in [7, 11) is 1.40. The van der Waals surface area contributed by atoms with Gasteiger partial charge in [-0.15, -0.1) is 0 Å². The first-order chi connectivity index (χ1) is 13.3. The minimum absolute atomic E-state index is 0.0407. The fourth-order valence-electron chi connectivity index (χ4n) is 2.50. The van der Waals surface area contributed by atoms with E-state index in [1.54, 1.807) is 6.92 Å². The number of hydrogen-bond acceptors (Lipinski definition) is 4. The molecular formula is C19H19F3N2O4. The Hall–Kier alpha value is -3.23. The zero-order chi connectivity index (χ0) is 20.8. The molecule has 0 spiro atoms. The number of amides is 2. The van der Waals surface area contributed by atoms with Crippen LogP contribution in [0.25, 0.3) is 0 Å². The summed E-state index contributed by atoms with van der Waals surface area (Å²) in [4.78, 5) is 26.0. The number of phenolic OH excluding ortho intramolecular Hbond substituents is 1. The van der Waals surface area contributed by atoms with Crippen LogP contribution in [0.15, 0.2) is 30.3 Å². The lowest BCUT2D eigenvalue weighted by Gasteiger charge is -2.22. The van der Waals surface area contributed by atoms with E-state index in [1.807, 2.05) is 0 Å². The highest BCUT2D eigenvalue weighted by Gasteiger charge is 2.22. The molecule has 2 aromatic rings. The van der Waals surface area contributed by atoms with Crippen LogP contribution in [-0.2, 0) is 4.79 Å². The average Bonchev–Trinajstić information content (AvgIpc) is 2.67. The molecule has 0 aromatic heterocycles. The molecule has 2 N–H and O–H groups in total. The largest absolute Gasteiger partial charge is 0.507 e. The number of methoxy groups -OCH3 is 1. The van der Waals surface area contributed by atoms with E-state index in [0.29, 0.717) is 18.2 Å². The van der Waals surface area contributed by atoms with Crippen molar-refractivity contribution in [2.45, 2.75) is 13.3 Å². The molecule has 0 aliphatic carbocycles. The van der Waals surface area contributed by atoms with Crippen molar-refractivity contribution in [2.24, 2.45) is 0 Å². The Kier molecular flexibility index (Phi) is 6.86. The van der Waals surface area contributed by atoms with Crippen molar-refractivity contribution >= 4 is 17.5 Å². The monoisotopic (exact) mass is 396 g/mol. The van der Waals surface area contributed by atoms with Crippen LogP contribution < -0.4 is 10.1 Å². The first kappa shape index (κ1) is 21.1. The molecule has 0 saturated carbocycles. The number of hydrogen-bond donors (Lipinski definition) is 2. The summed E-state index contributed by atoms with van der Waals surface area (Å²) in [5.41, 5.74) is -0.582. The second kappa shape index (κ2) is 9.12. The SMILES string of the molecule is CCCN(CC(=O)Nc1ccc(F)c(F)c1F)C(=O)c1ccc(OC)cc1O. The number of carbonyl (C=O) groups excluding carboxylic acids is 2. The van der Waals surface area contributed by atoms with Gasteiger partial charge in [-0.2, -0.15) is 0 Å². The zero-order valence-electron chi connectivity index (χ0n) is 15.3. The number of nitrogens with zero attached hydrogens (tertiary/aromatic N) is 1. The fraction of sp³-hybridized carbons (Fsp3) is 0.263. The Labute approximate surface area is 159 Å². The van der Waals surface area contributed by atoms with E-state index in [4.69, 9.17) is 4.74 Å². The summed E-state index contributed by atoms with van der Waals surface area (Å²) in [5.74, 6) is -6.02. The van der Waals surface area contributed by atoms with Gasteiger partial charge in [-0.05, 0) is 30.7 Å². The summed E-state index contributed by atoms with van der Waals surface area (Å²) in [6.07, 6.45) is 0.509. The van der Waals surface area contributed by atoms with Crippen molar-refractivity contribution in [3.8, 4) is 11.5 Å². The van der Waals surface area contributed by atoms with Gasteiger partial charge in [0.05, 0.1) is 18.4 Å². The third kappa shape index (κ3) is 4.73. The molecule has 150 valence electrons. The van der Waals surface area contributed by atoms with E-state index in [0.717, 1.165) is 11.0 Å². The Morgan fingerprint density at radius 3 is 2.46 bits per heavy atom. The maximum Gasteiger partial charge on any atom is 0.258 e. The minimum atomic E-state index is -1.71. The highest BCUT2D eigenvalue weighted by atomic mass is 19.2. The Bertz CT molecular complexity index is 890. The van der Waals surface area contributed by atoms with E-state index >= 15 is 0 Å². The highest BCUT2D eigenvalue weighted by Crippen LogP contribution is 2.25. The van der Waals surface area contributed by atoms with Crippen LogP contribution in [-0.4, -0.2) is 42.0 Å². The molecule has 28 heavy (non-hydrogen) atoms. The molecule has 0 radical (unpaired) electrons. The van der Waals surface area contributed by atoms with Gasteiger partial charge >= 0.3 is 0 Å². The van der Waals surface area contributed by atoms with Crippen LogP contribution in [0.5, 0.6) is 11.5 Å². The molecule has 6 nitrogen and oxygen atoms in total. The molecule has 9 heteroatoms. The zero-order valence-corrected chi connectivity index (χ0v) is 15.3. The molecule has 2 aromatic carbocycles. The van der Waals surface area contributed by atoms with Gasteiger partial charge in [0.1, 0.15) is 18.0 Å². The number of benzene rings is 2. The van der Waals surface area contributed by atoms with Gasteiger partial charge in [0.25, 0.3) is 5.91 Å². The number of halogens is 3. The van der Waals surface area contributed by atoms with Gasteiger partial charge in [0.15, 0.2) is 17.5 Å². The van der Waals surface area contributed by atoms with Crippen LogP contribution in [0.4, 0.5) is 18.9 Å². The normalized spacial score (nSPS) is 10.5. The number of aromatic hydroxyl groups is 1. The number of nitrogens with one attached hydrogen (secondary N) is 1. The Morgan fingerprint density at radius 1 is 1.14 bits per heavy atom. The maximum atomic E-state index is 13.7. The summed E-state index contributed by atoms with van der Waals surface area (Å²) in [6.45, 7) is 1.48. The van der Waals surface area contributed by atoms with Gasteiger partial charge in [-0.1, -0.05) is 6.92 Å². The molecule has 0 saturated heterocycles. The van der Waals surface area contributed by atoms with Crippen LogP contribution in [0.2, 0.25) is 0 Å². The topological polar surface area (TPSA) is 78.9 Å². The summed E-state index contributed by atoms with van der Waals surface area (Å²) >= 11 is 0. The van der Waals surface area contributed by atoms with Crippen LogP contribution in [0.1, 0.15) is 23.7 Å². The fourth-order valence-corrected chi connectivity index (χ4v) is 2.50. The minimum Gasteiger partial charge on any atom is -0.507 e. The molecule has 0 aliphatic heterocycles. The van der Waals surface area contributed by atoms with Crippen molar-refractivity contribution < 1.29 is 32.6 Å². The van der Waals surface area contributed by atoms with Crippen LogP contribution in [0.3, 0.4) is 0 Å². The van der Waals surface area contributed by atoms with Crippen molar-refractivity contribution in [2.75, 3.05) is 25.5 Å². The second-order valence-electron chi connectivity index (χ2n) is 5.88. The lowest BCUT2D eigenvalue weighted by atomic mass is 10.1. The van der Waals surface area contributed by atoms with Gasteiger partial charge in [0, 0.05) is 12.6 Å². The second-order valence-corrected chi connectivity index (χ2v) is 5.88. The van der Waals surface area contributed by atoms with E-state index in [9.17, 15) is 27.9 Å². The molecular weight excluding hydrogens is 377 g/mol. The van der Waals surface area contributed by atoms with Crippen molar-refractivity contribution in [1.82, 2.24) is 4.90 Å². The highest BCUT2D eigenvalue weighted by molar-refractivity contribution is 6.01. The summed E-state index contributed by atoms with van der Waals surface area (Å²) < 4.78 is 44.9. The van der Waals surface area contributed by atoms with E-state index in [1.165, 1.54) is 25.3 Å². The van der Waals surface area contributed by atoms with Crippen LogP contribution in [0, 0.1) is 17.5 Å². The Balaban J connectivity index is 2.17. The standard InChI is InChI=1S/C19H19F3N2O4/c1-3-8-24(19(27)12-5-4-11(28-2)9-15(12)25)10-16(26)23-14-7-6-13(20)17(21)18(14)22/h4-7,9,25H,3,8,10H2,1-2H3,(H,23,26). The van der Waals surface area contributed by atoms with E-state index in [2.05, 4.69) is 5.32 Å². The lowest BCUT2D eigenvalue weighted by Crippen LogP contribution is -2.38. The molecule has 0 fully saturated rings. The van der Waals surface area contributed by atoms with Gasteiger partial charge in [-0.25, -0.2) is 13.2 Å². The first-order valence-corrected chi connectivity index (χ1v) is 8.38. The van der Waals surface area contributed by atoms with Gasteiger partial charge < -0.3 is 20.1 Å². The quantitative estimate of drug-likeness (QED) is 0.704. The molecule has 0 aliphatic rings. The number of rotatable bonds is 7. The molecule has 2 rings (SSSR count). The average molecular weight is 396 g/mol. The number of anilines is 1. The molecule has 0 heterocycles. The number of carbonyl (C=O) groups is 2. The van der Waals surface area contributed by atoms with Crippen LogP contribution >= 0.6 is 0 Å². The summed E-state index contributed by atoms with van der Waals surface area (Å²) in [6, 6.07) is 5.65. The van der Waals surface area contributed by atoms with E-state index < -0.39 is 41.5 Å². The Morgan fingerprint density at radius 2 is 1.86 bits per heavy atom. The van der Waals surface area contributed by atoms with E-state index in [-0.39, 0.29) is 17.9 Å². The maximum absolute atomic E-state index is 13.7. The van der Waals surface area contributed by atoms with Crippen molar-refractivity contribution in [3.63, 3.8) is 0 Å². The summed E-state index contributed by atoms with van der Waals surface area (Å²) in [5, 5.41) is 12.1. The molecule has 0 bridgehead atoms. The smallest absolute Gasteiger partial charge is 0.258 e. The number of ether oxygens (including phenoxy) is 1. The van der Waals surface area contributed by atoms with Gasteiger partial charge in [-0.3, -0.25) is 9.59 Å². The molecule has 0 atom stereocenters. The third-order valence-electron chi connectivity index (χ3n) is 3.86. The predicted molar refractivity (Wildman–Crippen MR) is 95.8 cm³/mol. The molecule has 2 amide bonds. The molecule has 0 unspecified atom stereocenters. The van der Waals surface area contributed by atoms with Crippen molar-refractivity contribution in [3.05, 3.63) is 53.3 Å².